The van der Waals surface area contributed by atoms with Gasteiger partial charge in [-0.15, -0.1) is 0 Å². The minimum atomic E-state index is -0.128. The third-order valence-corrected chi connectivity index (χ3v) is 3.06. The van der Waals surface area contributed by atoms with Gasteiger partial charge in [-0.05, 0) is 30.7 Å². The van der Waals surface area contributed by atoms with Crippen LogP contribution in [0.25, 0.3) is 0 Å². The Morgan fingerprint density at radius 3 is 2.65 bits per heavy atom. The molecular weight excluding hydrogens is 284 g/mol. The lowest BCUT2D eigenvalue weighted by Gasteiger charge is -2.07. The minimum absolute atomic E-state index is 0.111. The molecule has 0 aliphatic carbocycles. The highest BCUT2D eigenvalue weighted by molar-refractivity contribution is 9.10. The van der Waals surface area contributed by atoms with Crippen molar-refractivity contribution < 1.29 is 9.59 Å². The molecule has 5 heteroatoms. The standard InChI is InChI=1S/C12H15BrN2O2/c1-8-7-10(3-4-11(8)13)15-12(17)5-6-14-9(2)16/h3-4,7H,5-6H2,1-2H3,(H,14,16)(H,15,17). The molecule has 4 nitrogen and oxygen atoms in total. The van der Waals surface area contributed by atoms with Crippen molar-refractivity contribution in [3.8, 4) is 0 Å². The molecular formula is C12H15BrN2O2. The van der Waals surface area contributed by atoms with E-state index in [0.29, 0.717) is 6.54 Å². The number of hydrogen-bond acceptors (Lipinski definition) is 2. The first-order valence-corrected chi connectivity index (χ1v) is 6.09. The first-order valence-electron chi connectivity index (χ1n) is 5.29. The number of benzene rings is 1. The topological polar surface area (TPSA) is 58.2 Å². The molecule has 0 saturated carbocycles. The van der Waals surface area contributed by atoms with Crippen molar-refractivity contribution in [2.24, 2.45) is 0 Å². The predicted octanol–water partition coefficient (Wildman–Crippen LogP) is 2.22. The maximum atomic E-state index is 11.5. The second kappa shape index (κ2) is 6.39. The van der Waals surface area contributed by atoms with E-state index < -0.39 is 0 Å². The van der Waals surface area contributed by atoms with Crippen LogP contribution in [0.2, 0.25) is 0 Å². The number of nitrogens with one attached hydrogen (secondary N) is 2. The first kappa shape index (κ1) is 13.7. The van der Waals surface area contributed by atoms with E-state index >= 15 is 0 Å². The molecule has 2 amide bonds. The summed E-state index contributed by atoms with van der Waals surface area (Å²) in [5.41, 5.74) is 1.82. The van der Waals surface area contributed by atoms with Crippen LogP contribution in [0, 0.1) is 6.92 Å². The average Bonchev–Trinajstić information content (AvgIpc) is 2.23. The molecule has 92 valence electrons. The summed E-state index contributed by atoms with van der Waals surface area (Å²) in [7, 11) is 0. The first-order chi connectivity index (χ1) is 7.99. The predicted molar refractivity (Wildman–Crippen MR) is 70.8 cm³/mol. The summed E-state index contributed by atoms with van der Waals surface area (Å²) in [6.45, 7) is 3.74. The number of hydrogen-bond donors (Lipinski definition) is 2. The number of halogens is 1. The van der Waals surface area contributed by atoms with Gasteiger partial charge in [-0.25, -0.2) is 0 Å². The number of carbonyl (C=O) groups is 2. The number of rotatable bonds is 4. The van der Waals surface area contributed by atoms with E-state index in [2.05, 4.69) is 26.6 Å². The third-order valence-electron chi connectivity index (χ3n) is 2.17. The molecule has 0 aromatic heterocycles. The molecule has 0 heterocycles. The molecule has 1 aromatic carbocycles. The van der Waals surface area contributed by atoms with Crippen LogP contribution in [-0.4, -0.2) is 18.4 Å². The quantitative estimate of drug-likeness (QED) is 0.895. The maximum Gasteiger partial charge on any atom is 0.226 e. The van der Waals surface area contributed by atoms with Crippen LogP contribution >= 0.6 is 15.9 Å². The monoisotopic (exact) mass is 298 g/mol. The molecule has 0 spiro atoms. The number of anilines is 1. The van der Waals surface area contributed by atoms with Crippen molar-refractivity contribution in [3.05, 3.63) is 28.2 Å². The van der Waals surface area contributed by atoms with Crippen LogP contribution in [0.3, 0.4) is 0 Å². The smallest absolute Gasteiger partial charge is 0.226 e. The molecule has 1 aromatic rings. The Balaban J connectivity index is 2.45. The van der Waals surface area contributed by atoms with E-state index in [-0.39, 0.29) is 18.2 Å². The van der Waals surface area contributed by atoms with E-state index in [1.165, 1.54) is 6.92 Å². The summed E-state index contributed by atoms with van der Waals surface area (Å²) in [5.74, 6) is -0.238. The minimum Gasteiger partial charge on any atom is -0.356 e. The van der Waals surface area contributed by atoms with Gasteiger partial charge in [-0.1, -0.05) is 15.9 Å². The number of amides is 2. The molecule has 0 radical (unpaired) electrons. The average molecular weight is 299 g/mol. The molecule has 0 fully saturated rings. The van der Waals surface area contributed by atoms with Gasteiger partial charge in [0.1, 0.15) is 0 Å². The number of carbonyl (C=O) groups excluding carboxylic acids is 2. The van der Waals surface area contributed by atoms with Crippen molar-refractivity contribution >= 4 is 33.4 Å². The van der Waals surface area contributed by atoms with Crippen molar-refractivity contribution in [3.63, 3.8) is 0 Å². The van der Waals surface area contributed by atoms with Gasteiger partial charge in [0.05, 0.1) is 0 Å². The molecule has 0 aliphatic heterocycles. The zero-order valence-corrected chi connectivity index (χ0v) is 11.4. The van der Waals surface area contributed by atoms with Crippen molar-refractivity contribution in [1.29, 1.82) is 0 Å². The summed E-state index contributed by atoms with van der Waals surface area (Å²) in [4.78, 5) is 22.1. The van der Waals surface area contributed by atoms with Gasteiger partial charge in [0.25, 0.3) is 0 Å². The zero-order chi connectivity index (χ0) is 12.8. The van der Waals surface area contributed by atoms with Crippen LogP contribution in [-0.2, 0) is 9.59 Å². The van der Waals surface area contributed by atoms with E-state index in [1.54, 1.807) is 0 Å². The second-order valence-corrected chi connectivity index (χ2v) is 4.60. The van der Waals surface area contributed by atoms with E-state index in [1.807, 2.05) is 25.1 Å². The fourth-order valence-electron chi connectivity index (χ4n) is 1.30. The van der Waals surface area contributed by atoms with Crippen LogP contribution in [0.15, 0.2) is 22.7 Å². The van der Waals surface area contributed by atoms with Crippen LogP contribution < -0.4 is 10.6 Å². The Hall–Kier alpha value is -1.36. The zero-order valence-electron chi connectivity index (χ0n) is 9.84. The molecule has 0 aliphatic rings. The van der Waals surface area contributed by atoms with E-state index in [4.69, 9.17) is 0 Å². The Morgan fingerprint density at radius 2 is 2.06 bits per heavy atom. The summed E-state index contributed by atoms with van der Waals surface area (Å²) in [5, 5.41) is 5.35. The van der Waals surface area contributed by atoms with Crippen molar-refractivity contribution in [1.82, 2.24) is 5.32 Å². The highest BCUT2D eigenvalue weighted by Gasteiger charge is 2.03. The number of aryl methyl sites for hydroxylation is 1. The normalized spacial score (nSPS) is 9.82. The van der Waals surface area contributed by atoms with Gasteiger partial charge in [-0.3, -0.25) is 9.59 Å². The van der Waals surface area contributed by atoms with Gasteiger partial charge in [0.2, 0.25) is 11.8 Å². The van der Waals surface area contributed by atoms with E-state index in [9.17, 15) is 9.59 Å². The second-order valence-electron chi connectivity index (χ2n) is 3.75. The molecule has 0 unspecified atom stereocenters. The third kappa shape index (κ3) is 4.99. The van der Waals surface area contributed by atoms with Crippen LogP contribution in [0.4, 0.5) is 5.69 Å². The summed E-state index contributed by atoms with van der Waals surface area (Å²) < 4.78 is 1.01. The molecule has 0 saturated heterocycles. The van der Waals surface area contributed by atoms with Gasteiger partial charge >= 0.3 is 0 Å². The fourth-order valence-corrected chi connectivity index (χ4v) is 1.54. The SMILES string of the molecule is CC(=O)NCCC(=O)Nc1ccc(Br)c(C)c1. The molecule has 0 atom stereocenters. The maximum absolute atomic E-state index is 11.5. The Morgan fingerprint density at radius 1 is 1.35 bits per heavy atom. The van der Waals surface area contributed by atoms with Crippen LogP contribution in [0.5, 0.6) is 0 Å². The highest BCUT2D eigenvalue weighted by atomic mass is 79.9. The van der Waals surface area contributed by atoms with Crippen molar-refractivity contribution in [2.75, 3.05) is 11.9 Å². The highest BCUT2D eigenvalue weighted by Crippen LogP contribution is 2.19. The van der Waals surface area contributed by atoms with Gasteiger partial charge in [0, 0.05) is 30.0 Å². The Labute approximate surface area is 109 Å². The Kier molecular flexibility index (Phi) is 5.15. The van der Waals surface area contributed by atoms with Crippen LogP contribution in [0.1, 0.15) is 18.9 Å². The molecule has 2 N–H and O–H groups in total. The summed E-state index contributed by atoms with van der Waals surface area (Å²) in [6, 6.07) is 5.60. The lowest BCUT2D eigenvalue weighted by molar-refractivity contribution is -0.119. The van der Waals surface area contributed by atoms with Gasteiger partial charge < -0.3 is 10.6 Å². The molecule has 0 bridgehead atoms. The summed E-state index contributed by atoms with van der Waals surface area (Å²) in [6.07, 6.45) is 0.273. The lowest BCUT2D eigenvalue weighted by atomic mass is 10.2. The Bertz CT molecular complexity index is 433. The largest absolute Gasteiger partial charge is 0.356 e. The molecule has 1 rings (SSSR count). The van der Waals surface area contributed by atoms with Gasteiger partial charge in [0.15, 0.2) is 0 Å². The fraction of sp³-hybridized carbons (Fsp3) is 0.333. The van der Waals surface area contributed by atoms with E-state index in [0.717, 1.165) is 15.7 Å². The molecule has 17 heavy (non-hydrogen) atoms. The lowest BCUT2D eigenvalue weighted by Crippen LogP contribution is -2.25. The van der Waals surface area contributed by atoms with Gasteiger partial charge in [-0.2, -0.15) is 0 Å². The van der Waals surface area contributed by atoms with Crippen molar-refractivity contribution in [2.45, 2.75) is 20.3 Å². The summed E-state index contributed by atoms with van der Waals surface area (Å²) >= 11 is 3.39.